The molecule has 3 N–H and O–H groups in total. The molecule has 108 valence electrons. The number of urea groups is 1. The van der Waals surface area contributed by atoms with Gasteiger partial charge < -0.3 is 15.7 Å². The highest BCUT2D eigenvalue weighted by Gasteiger charge is 2.44. The Kier molecular flexibility index (Phi) is 5.88. The van der Waals surface area contributed by atoms with Crippen LogP contribution in [0.25, 0.3) is 0 Å². The van der Waals surface area contributed by atoms with E-state index in [-0.39, 0.29) is 6.04 Å². The molecular formula is C14H24N2O3. The van der Waals surface area contributed by atoms with Crippen LogP contribution in [0.15, 0.2) is 0 Å². The number of hydrogen-bond donors (Lipinski definition) is 3. The molecule has 5 nitrogen and oxygen atoms in total. The molecule has 0 saturated heterocycles. The lowest BCUT2D eigenvalue weighted by Crippen LogP contribution is -2.59. The number of carbonyl (C=O) groups is 2. The van der Waals surface area contributed by atoms with E-state index in [2.05, 4.69) is 16.6 Å². The third kappa shape index (κ3) is 4.47. The van der Waals surface area contributed by atoms with Gasteiger partial charge in [0.1, 0.15) is 0 Å². The first-order valence-corrected chi connectivity index (χ1v) is 6.36. The number of rotatable bonds is 6. The summed E-state index contributed by atoms with van der Waals surface area (Å²) < 4.78 is 0. The van der Waals surface area contributed by atoms with Gasteiger partial charge in [-0.15, -0.1) is 6.42 Å². The van der Waals surface area contributed by atoms with Crippen LogP contribution in [0, 0.1) is 17.8 Å². The molecule has 5 heteroatoms. The quantitative estimate of drug-likeness (QED) is 0.644. The summed E-state index contributed by atoms with van der Waals surface area (Å²) in [5, 5.41) is 14.5. The molecule has 0 aromatic heterocycles. The van der Waals surface area contributed by atoms with Gasteiger partial charge in [-0.2, -0.15) is 0 Å². The van der Waals surface area contributed by atoms with Crippen LogP contribution in [0.2, 0.25) is 0 Å². The Balaban J connectivity index is 4.72. The maximum Gasteiger partial charge on any atom is 0.316 e. The normalized spacial score (nSPS) is 13.3. The van der Waals surface area contributed by atoms with Gasteiger partial charge in [-0.3, -0.25) is 4.79 Å². The highest BCUT2D eigenvalue weighted by molar-refractivity contribution is 5.80. The molecule has 0 aromatic carbocycles. The van der Waals surface area contributed by atoms with Crippen molar-refractivity contribution in [3.8, 4) is 12.3 Å². The average Bonchev–Trinajstić information content (AvgIpc) is 2.27. The third-order valence-electron chi connectivity index (χ3n) is 3.61. The molecule has 19 heavy (non-hydrogen) atoms. The molecule has 0 rings (SSSR count). The van der Waals surface area contributed by atoms with Gasteiger partial charge in [0.25, 0.3) is 0 Å². The fourth-order valence-corrected chi connectivity index (χ4v) is 1.39. The SMILES string of the molecule is C#CC(CCC)NC(=O)NC(C)(C)C(C)(C)C(=O)O. The molecule has 0 spiro atoms. The largest absolute Gasteiger partial charge is 0.481 e. The van der Waals surface area contributed by atoms with Gasteiger partial charge in [0.15, 0.2) is 0 Å². The molecule has 0 fully saturated rings. The molecule has 0 aliphatic heterocycles. The lowest BCUT2D eigenvalue weighted by Gasteiger charge is -2.38. The second kappa shape index (κ2) is 6.46. The van der Waals surface area contributed by atoms with E-state index in [0.29, 0.717) is 6.42 Å². The zero-order valence-electron chi connectivity index (χ0n) is 12.3. The molecule has 0 aromatic rings. The Morgan fingerprint density at radius 2 is 1.84 bits per heavy atom. The predicted molar refractivity (Wildman–Crippen MR) is 74.7 cm³/mol. The molecule has 0 aliphatic carbocycles. The third-order valence-corrected chi connectivity index (χ3v) is 3.61. The van der Waals surface area contributed by atoms with Gasteiger partial charge in [-0.05, 0) is 34.1 Å². The van der Waals surface area contributed by atoms with Gasteiger partial charge in [-0.25, -0.2) is 4.79 Å². The van der Waals surface area contributed by atoms with Crippen molar-refractivity contribution >= 4 is 12.0 Å². The van der Waals surface area contributed by atoms with Crippen LogP contribution in [0.4, 0.5) is 4.79 Å². The van der Waals surface area contributed by atoms with Crippen molar-refractivity contribution in [2.45, 2.75) is 59.0 Å². The standard InChI is InChI=1S/C14H24N2O3/c1-7-9-10(8-2)15-12(19)16-14(5,6)13(3,4)11(17)18/h2,10H,7,9H2,1,3-6H3,(H,17,18)(H2,15,16,19). The van der Waals surface area contributed by atoms with Gasteiger partial charge in [0.2, 0.25) is 0 Å². The summed E-state index contributed by atoms with van der Waals surface area (Å²) in [6, 6.07) is -0.788. The van der Waals surface area contributed by atoms with E-state index in [1.807, 2.05) is 6.92 Å². The van der Waals surface area contributed by atoms with Gasteiger partial charge >= 0.3 is 12.0 Å². The first-order valence-electron chi connectivity index (χ1n) is 6.36. The molecule has 0 radical (unpaired) electrons. The summed E-state index contributed by atoms with van der Waals surface area (Å²) in [5.74, 6) is 1.52. The van der Waals surface area contributed by atoms with Crippen LogP contribution in [0.5, 0.6) is 0 Å². The minimum absolute atomic E-state index is 0.339. The Morgan fingerprint density at radius 3 is 2.21 bits per heavy atom. The Bertz CT molecular complexity index is 381. The summed E-state index contributed by atoms with van der Waals surface area (Å²) >= 11 is 0. The van der Waals surface area contributed by atoms with Gasteiger partial charge in [0.05, 0.1) is 17.0 Å². The smallest absolute Gasteiger partial charge is 0.316 e. The highest BCUT2D eigenvalue weighted by Crippen LogP contribution is 2.30. The predicted octanol–water partition coefficient (Wildman–Crippen LogP) is 1.98. The number of hydrogen-bond acceptors (Lipinski definition) is 2. The first-order chi connectivity index (χ1) is 8.58. The number of carboxylic acid groups (broad SMARTS) is 1. The van der Waals surface area contributed by atoms with E-state index in [9.17, 15) is 14.7 Å². The zero-order valence-corrected chi connectivity index (χ0v) is 12.3. The van der Waals surface area contributed by atoms with Crippen molar-refractivity contribution in [1.29, 1.82) is 0 Å². The highest BCUT2D eigenvalue weighted by atomic mass is 16.4. The van der Waals surface area contributed by atoms with Crippen molar-refractivity contribution in [2.24, 2.45) is 5.41 Å². The summed E-state index contributed by atoms with van der Waals surface area (Å²) in [6.45, 7) is 8.46. The van der Waals surface area contributed by atoms with Crippen LogP contribution in [0.3, 0.4) is 0 Å². The second-order valence-corrected chi connectivity index (χ2v) is 5.66. The van der Waals surface area contributed by atoms with Crippen LogP contribution < -0.4 is 10.6 Å². The molecule has 0 bridgehead atoms. The van der Waals surface area contributed by atoms with Gasteiger partial charge in [0, 0.05) is 0 Å². The van der Waals surface area contributed by atoms with E-state index in [0.717, 1.165) is 6.42 Å². The fourth-order valence-electron chi connectivity index (χ4n) is 1.39. The zero-order chi connectivity index (χ0) is 15.3. The molecule has 0 heterocycles. The maximum atomic E-state index is 11.9. The van der Waals surface area contributed by atoms with E-state index in [4.69, 9.17) is 6.42 Å². The van der Waals surface area contributed by atoms with Crippen LogP contribution in [-0.4, -0.2) is 28.7 Å². The fraction of sp³-hybridized carbons (Fsp3) is 0.714. The number of terminal acetylenes is 1. The van der Waals surface area contributed by atoms with Crippen molar-refractivity contribution in [1.82, 2.24) is 10.6 Å². The Hall–Kier alpha value is -1.70. The van der Waals surface area contributed by atoms with E-state index < -0.39 is 23.0 Å². The topological polar surface area (TPSA) is 78.4 Å². The second-order valence-electron chi connectivity index (χ2n) is 5.66. The molecule has 1 unspecified atom stereocenters. The van der Waals surface area contributed by atoms with Crippen molar-refractivity contribution in [3.63, 3.8) is 0 Å². The number of amides is 2. The molecule has 1 atom stereocenters. The van der Waals surface area contributed by atoms with Crippen LogP contribution in [0.1, 0.15) is 47.5 Å². The number of aliphatic carboxylic acids is 1. The Morgan fingerprint density at radius 1 is 1.32 bits per heavy atom. The van der Waals surface area contributed by atoms with Crippen molar-refractivity contribution < 1.29 is 14.7 Å². The Labute approximate surface area is 115 Å². The van der Waals surface area contributed by atoms with Crippen LogP contribution in [-0.2, 0) is 4.79 Å². The lowest BCUT2D eigenvalue weighted by molar-refractivity contribution is -0.150. The van der Waals surface area contributed by atoms with E-state index >= 15 is 0 Å². The monoisotopic (exact) mass is 268 g/mol. The summed E-state index contributed by atoms with van der Waals surface area (Å²) in [4.78, 5) is 23.1. The number of carbonyl (C=O) groups excluding carboxylic acids is 1. The van der Waals surface area contributed by atoms with Crippen molar-refractivity contribution in [3.05, 3.63) is 0 Å². The molecular weight excluding hydrogens is 244 g/mol. The summed E-state index contributed by atoms with van der Waals surface area (Å²) in [7, 11) is 0. The maximum absolute atomic E-state index is 11.9. The summed E-state index contributed by atoms with van der Waals surface area (Å²) in [5.41, 5.74) is -2.00. The average molecular weight is 268 g/mol. The minimum atomic E-state index is -1.10. The first kappa shape index (κ1) is 17.3. The minimum Gasteiger partial charge on any atom is -0.481 e. The molecule has 0 saturated carbocycles. The van der Waals surface area contributed by atoms with Crippen LogP contribution >= 0.6 is 0 Å². The lowest BCUT2D eigenvalue weighted by atomic mass is 9.74. The number of nitrogens with one attached hydrogen (secondary N) is 2. The van der Waals surface area contributed by atoms with E-state index in [1.165, 1.54) is 0 Å². The number of carboxylic acids is 1. The van der Waals surface area contributed by atoms with E-state index in [1.54, 1.807) is 27.7 Å². The summed E-state index contributed by atoms with van der Waals surface area (Å²) in [6.07, 6.45) is 6.87. The van der Waals surface area contributed by atoms with Gasteiger partial charge in [-0.1, -0.05) is 19.3 Å². The molecule has 0 aliphatic rings. The van der Waals surface area contributed by atoms with Crippen molar-refractivity contribution in [2.75, 3.05) is 0 Å². The molecule has 2 amide bonds.